The molecule has 5 rings (SSSR count). The van der Waals surface area contributed by atoms with Gasteiger partial charge in [-0.15, -0.1) is 0 Å². The molecule has 232 valence electrons. The lowest BCUT2D eigenvalue weighted by atomic mass is 9.76. The average molecular weight is 628 g/mol. The maximum absolute atomic E-state index is 16.1. The van der Waals surface area contributed by atoms with Crippen molar-refractivity contribution in [1.82, 2.24) is 9.78 Å². The van der Waals surface area contributed by atoms with Crippen LogP contribution in [0.4, 0.5) is 18.9 Å². The van der Waals surface area contributed by atoms with Crippen LogP contribution in [-0.2, 0) is 19.9 Å². The largest absolute Gasteiger partial charge is 0.476 e. The number of amides is 1. The third-order valence-corrected chi connectivity index (χ3v) is 8.20. The minimum atomic E-state index is -1.39. The van der Waals surface area contributed by atoms with E-state index in [0.717, 1.165) is 24.6 Å². The molecule has 1 saturated carbocycles. The molecule has 0 N–H and O–H groups in total. The Bertz CT molecular complexity index is 1720. The maximum Gasteiger partial charge on any atom is 0.349 e. The number of carbonyl (C=O) groups excluding carboxylic acids is 2. The van der Waals surface area contributed by atoms with E-state index in [9.17, 15) is 18.4 Å². The standard InChI is InChI=1S/C33H33ClF3N3O4/c1-5-43-31(42)32(3,4)44-23-13-14-29(27(37)17-23)39(20(2)41)33(15-7-6-8-16-33)30-24-18-25(35)26(36)19-28(24)38-40(30)22-11-9-21(34)10-12-22/h9-14,17-19H,5-8,15-16H2,1-4H3. The Morgan fingerprint density at radius 1 is 0.977 bits per heavy atom. The molecule has 11 heteroatoms. The van der Waals surface area contributed by atoms with E-state index in [0.29, 0.717) is 47.5 Å². The first-order valence-electron chi connectivity index (χ1n) is 14.5. The molecule has 1 amide bonds. The second-order valence-electron chi connectivity index (χ2n) is 11.4. The Balaban J connectivity index is 1.71. The Kier molecular flexibility index (Phi) is 8.66. The second kappa shape index (κ2) is 12.1. The van der Waals surface area contributed by atoms with Gasteiger partial charge < -0.3 is 9.47 Å². The summed E-state index contributed by atoms with van der Waals surface area (Å²) in [5.74, 6) is -3.88. The number of fused-ring (bicyclic) bond motifs is 1. The number of carbonyl (C=O) groups is 2. The van der Waals surface area contributed by atoms with E-state index in [1.54, 1.807) is 35.9 Å². The van der Waals surface area contributed by atoms with E-state index >= 15 is 4.39 Å². The lowest BCUT2D eigenvalue weighted by molar-refractivity contribution is -0.158. The minimum Gasteiger partial charge on any atom is -0.476 e. The predicted octanol–water partition coefficient (Wildman–Crippen LogP) is 8.03. The number of hydrogen-bond donors (Lipinski definition) is 0. The number of esters is 1. The van der Waals surface area contributed by atoms with Gasteiger partial charge in [0.15, 0.2) is 23.1 Å². The first kappa shape index (κ1) is 31.4. The van der Waals surface area contributed by atoms with Crippen LogP contribution in [0.2, 0.25) is 5.02 Å². The summed E-state index contributed by atoms with van der Waals surface area (Å²) in [6.45, 7) is 6.20. The molecular weight excluding hydrogens is 595 g/mol. The van der Waals surface area contributed by atoms with Crippen molar-refractivity contribution in [3.8, 4) is 11.4 Å². The summed E-state index contributed by atoms with van der Waals surface area (Å²) >= 11 is 6.15. The van der Waals surface area contributed by atoms with E-state index in [-0.39, 0.29) is 23.6 Å². The third kappa shape index (κ3) is 5.75. The summed E-state index contributed by atoms with van der Waals surface area (Å²) in [6.07, 6.45) is 3.08. The molecular formula is C33H33ClF3N3O4. The molecule has 0 aliphatic heterocycles. The van der Waals surface area contributed by atoms with Crippen LogP contribution in [0.15, 0.2) is 54.6 Å². The van der Waals surface area contributed by atoms with Gasteiger partial charge in [0.1, 0.15) is 5.75 Å². The molecule has 1 aromatic heterocycles. The first-order valence-corrected chi connectivity index (χ1v) is 14.9. The number of halogens is 4. The molecule has 0 radical (unpaired) electrons. The molecule has 0 bridgehead atoms. The fraction of sp³-hybridized carbons (Fsp3) is 0.364. The Morgan fingerprint density at radius 2 is 1.64 bits per heavy atom. The molecule has 1 aliphatic rings. The minimum absolute atomic E-state index is 0.0275. The van der Waals surface area contributed by atoms with E-state index in [1.165, 1.54) is 37.8 Å². The summed E-state index contributed by atoms with van der Waals surface area (Å²) in [4.78, 5) is 27.4. The summed E-state index contributed by atoms with van der Waals surface area (Å²) in [7, 11) is 0. The third-order valence-electron chi connectivity index (χ3n) is 7.95. The van der Waals surface area contributed by atoms with Gasteiger partial charge in [0.25, 0.3) is 0 Å². The predicted molar refractivity (Wildman–Crippen MR) is 162 cm³/mol. The monoisotopic (exact) mass is 627 g/mol. The Morgan fingerprint density at radius 3 is 2.25 bits per heavy atom. The highest BCUT2D eigenvalue weighted by molar-refractivity contribution is 6.30. The summed E-state index contributed by atoms with van der Waals surface area (Å²) < 4.78 is 57.8. The normalized spacial score (nSPS) is 14.8. The zero-order valence-electron chi connectivity index (χ0n) is 24.9. The second-order valence-corrected chi connectivity index (χ2v) is 11.8. The molecule has 3 aromatic carbocycles. The maximum atomic E-state index is 16.1. The number of anilines is 1. The van der Waals surface area contributed by atoms with E-state index in [1.807, 2.05) is 0 Å². The number of nitrogens with zero attached hydrogens (tertiary/aromatic N) is 3. The van der Waals surface area contributed by atoms with Crippen LogP contribution in [0, 0.1) is 17.5 Å². The van der Waals surface area contributed by atoms with Crippen molar-refractivity contribution >= 4 is 40.1 Å². The Labute approximate surface area is 258 Å². The molecule has 7 nitrogen and oxygen atoms in total. The summed E-state index contributed by atoms with van der Waals surface area (Å²) in [6, 6.07) is 12.9. The first-order chi connectivity index (χ1) is 20.9. The van der Waals surface area contributed by atoms with Gasteiger partial charge in [-0.3, -0.25) is 9.69 Å². The number of ether oxygens (including phenoxy) is 2. The average Bonchev–Trinajstić information content (AvgIpc) is 3.33. The van der Waals surface area contributed by atoms with Crippen LogP contribution in [0.25, 0.3) is 16.6 Å². The van der Waals surface area contributed by atoms with Gasteiger partial charge in [0.05, 0.1) is 34.7 Å². The van der Waals surface area contributed by atoms with Crippen molar-refractivity contribution in [3.05, 3.63) is 82.8 Å². The smallest absolute Gasteiger partial charge is 0.349 e. The van der Waals surface area contributed by atoms with E-state index in [2.05, 4.69) is 5.10 Å². The van der Waals surface area contributed by atoms with E-state index < -0.39 is 40.5 Å². The highest BCUT2D eigenvalue weighted by Crippen LogP contribution is 2.48. The van der Waals surface area contributed by atoms with Crippen molar-refractivity contribution in [2.75, 3.05) is 11.5 Å². The van der Waals surface area contributed by atoms with Gasteiger partial charge >= 0.3 is 5.97 Å². The van der Waals surface area contributed by atoms with Crippen molar-refractivity contribution in [3.63, 3.8) is 0 Å². The molecule has 1 aliphatic carbocycles. The number of benzene rings is 3. The number of hydrogen-bond acceptors (Lipinski definition) is 5. The van der Waals surface area contributed by atoms with E-state index in [4.69, 9.17) is 21.1 Å². The topological polar surface area (TPSA) is 73.7 Å². The highest BCUT2D eigenvalue weighted by Gasteiger charge is 2.47. The molecule has 1 fully saturated rings. The lowest BCUT2D eigenvalue weighted by Gasteiger charge is -2.46. The molecule has 1 heterocycles. The Hall–Kier alpha value is -4.05. The number of aromatic nitrogens is 2. The van der Waals surface area contributed by atoms with Crippen molar-refractivity contribution in [1.29, 1.82) is 0 Å². The van der Waals surface area contributed by atoms with Crippen molar-refractivity contribution in [2.24, 2.45) is 0 Å². The zero-order chi connectivity index (χ0) is 31.8. The van der Waals surface area contributed by atoms with Crippen LogP contribution >= 0.6 is 11.6 Å². The van der Waals surface area contributed by atoms with Crippen molar-refractivity contribution < 1.29 is 32.2 Å². The SMILES string of the molecule is CCOC(=O)C(C)(C)Oc1ccc(N(C(C)=O)C2(c3c4cc(F)c(F)cc4nn3-c3ccc(Cl)cc3)CCCCC2)c(F)c1. The van der Waals surface area contributed by atoms with Crippen LogP contribution in [0.3, 0.4) is 0 Å². The van der Waals surface area contributed by atoms with Crippen LogP contribution < -0.4 is 9.64 Å². The lowest BCUT2D eigenvalue weighted by Crippen LogP contribution is -2.52. The summed E-state index contributed by atoms with van der Waals surface area (Å²) in [5, 5.41) is 5.44. The molecule has 0 spiro atoms. The zero-order valence-corrected chi connectivity index (χ0v) is 25.7. The molecule has 4 aromatic rings. The van der Waals surface area contributed by atoms with Gasteiger partial charge in [0.2, 0.25) is 5.91 Å². The van der Waals surface area contributed by atoms with Gasteiger partial charge in [-0.2, -0.15) is 5.10 Å². The van der Waals surface area contributed by atoms with Crippen LogP contribution in [0.1, 0.15) is 65.5 Å². The fourth-order valence-electron chi connectivity index (χ4n) is 6.08. The van der Waals surface area contributed by atoms with Gasteiger partial charge in [0, 0.05) is 29.5 Å². The molecule has 44 heavy (non-hydrogen) atoms. The van der Waals surface area contributed by atoms with Gasteiger partial charge in [-0.1, -0.05) is 30.9 Å². The molecule has 0 unspecified atom stereocenters. The fourth-order valence-corrected chi connectivity index (χ4v) is 6.20. The van der Waals surface area contributed by atoms with Crippen LogP contribution in [-0.4, -0.2) is 33.9 Å². The van der Waals surface area contributed by atoms with Crippen molar-refractivity contribution in [2.45, 2.75) is 70.9 Å². The highest BCUT2D eigenvalue weighted by atomic mass is 35.5. The van der Waals surface area contributed by atoms with Crippen LogP contribution in [0.5, 0.6) is 5.75 Å². The molecule has 0 saturated heterocycles. The van der Waals surface area contributed by atoms with Gasteiger partial charge in [-0.05, 0) is 76.1 Å². The molecule has 0 atom stereocenters. The summed E-state index contributed by atoms with van der Waals surface area (Å²) in [5.41, 5.74) is -1.42. The number of rotatable bonds is 8. The van der Waals surface area contributed by atoms with Gasteiger partial charge in [-0.25, -0.2) is 22.6 Å². The quantitative estimate of drug-likeness (QED) is 0.185.